The van der Waals surface area contributed by atoms with Crippen molar-refractivity contribution in [3.05, 3.63) is 75.9 Å². The van der Waals surface area contributed by atoms with Gasteiger partial charge in [0.1, 0.15) is 5.54 Å². The molecule has 4 atom stereocenters. The zero-order valence-electron chi connectivity index (χ0n) is 30.9. The molecule has 0 saturated carbocycles. The number of nitrogens with zero attached hydrogens (tertiary/aromatic N) is 4. The lowest BCUT2D eigenvalue weighted by Crippen LogP contribution is -2.61. The number of aliphatic hydroxyl groups is 1. The second-order valence-corrected chi connectivity index (χ2v) is 14.9. The number of aryl methyl sites for hydroxylation is 2. The number of allylic oxidation sites excluding steroid dienone is 4. The van der Waals surface area contributed by atoms with Crippen molar-refractivity contribution in [3.8, 4) is 0 Å². The Kier molecular flexibility index (Phi) is 9.49. The Morgan fingerprint density at radius 2 is 1.31 bits per heavy atom. The maximum atomic E-state index is 12.3. The molecule has 0 saturated heterocycles. The molecule has 0 fully saturated rings. The van der Waals surface area contributed by atoms with Crippen molar-refractivity contribution in [2.75, 3.05) is 14.2 Å². The van der Waals surface area contributed by atoms with Gasteiger partial charge in [-0.2, -0.15) is 10.2 Å². The summed E-state index contributed by atoms with van der Waals surface area (Å²) < 4.78 is 9.94. The number of hydrogen-bond acceptors (Lipinski definition) is 10. The van der Waals surface area contributed by atoms with Gasteiger partial charge in [-0.05, 0) is 112 Å². The van der Waals surface area contributed by atoms with Gasteiger partial charge in [-0.15, -0.1) is 0 Å². The van der Waals surface area contributed by atoms with Crippen LogP contribution in [0.15, 0.2) is 41.1 Å². The number of esters is 2. The number of methoxy groups -OCH3 is 2. The number of nitrogens with two attached hydrogens (primary N) is 1. The average molecular weight is 724 g/mol. The van der Waals surface area contributed by atoms with Crippen LogP contribution in [-0.2, 0) is 24.6 Å². The minimum Gasteiger partial charge on any atom is -0.469 e. The first-order valence-corrected chi connectivity index (χ1v) is 17.7. The van der Waals surface area contributed by atoms with E-state index in [4.69, 9.17) is 25.2 Å². The third-order valence-electron chi connectivity index (χ3n) is 11.1. The van der Waals surface area contributed by atoms with Crippen LogP contribution in [0.1, 0.15) is 98.4 Å². The highest BCUT2D eigenvalue weighted by molar-refractivity contribution is 7.18. The van der Waals surface area contributed by atoms with Crippen molar-refractivity contribution in [2.24, 2.45) is 16.0 Å². The SMILES string of the molecule is C=Cc1c(C)c2cc3[nH]c(cc4nc(cc5nc(cc1[nH]2)C(C)=C5CCC(=O)OC)C(CCC(=O)OC)=C4C)c(C)c3[C@@]1(C)N=N[C@](O)(P)[C@@]1(C)N. The molecule has 0 amide bonds. The summed E-state index contributed by atoms with van der Waals surface area (Å²) in [6.45, 7) is 15.8. The number of fused-ring (bicyclic) bond motifs is 8. The number of nitrogens with one attached hydrogen (secondary N) is 2. The minimum atomic E-state index is -1.69. The Hall–Kier alpha value is -4.77. The van der Waals surface area contributed by atoms with E-state index in [2.05, 4.69) is 36.0 Å². The van der Waals surface area contributed by atoms with Gasteiger partial charge in [0.15, 0.2) is 0 Å². The monoisotopic (exact) mass is 723 g/mol. The van der Waals surface area contributed by atoms with Crippen LogP contribution >= 0.6 is 9.24 Å². The number of aromatic amines is 2. The molecule has 6 heterocycles. The summed E-state index contributed by atoms with van der Waals surface area (Å²) in [6, 6.07) is 7.93. The number of H-pyrrole nitrogens is 2. The lowest BCUT2D eigenvalue weighted by molar-refractivity contribution is -0.141. The molecule has 0 spiro atoms. The molecular formula is C39H46N7O5P. The zero-order chi connectivity index (χ0) is 37.9. The molecule has 12 nitrogen and oxygen atoms in total. The molecule has 0 aliphatic carbocycles. The van der Waals surface area contributed by atoms with Crippen LogP contribution in [0.2, 0.25) is 0 Å². The molecular weight excluding hydrogens is 677 g/mol. The first-order chi connectivity index (χ1) is 24.5. The third-order valence-corrected chi connectivity index (χ3v) is 11.8. The van der Waals surface area contributed by atoms with Gasteiger partial charge < -0.3 is 30.3 Å². The van der Waals surface area contributed by atoms with Crippen molar-refractivity contribution in [1.82, 2.24) is 19.9 Å². The number of hydrogen-bond donors (Lipinski definition) is 4. The van der Waals surface area contributed by atoms with E-state index < -0.39 is 16.5 Å². The van der Waals surface area contributed by atoms with Gasteiger partial charge in [0.2, 0.25) is 5.47 Å². The predicted molar refractivity (Wildman–Crippen MR) is 208 cm³/mol. The molecule has 0 radical (unpaired) electrons. The maximum Gasteiger partial charge on any atom is 0.305 e. The summed E-state index contributed by atoms with van der Waals surface area (Å²) in [5.74, 6) is -0.637. The summed E-state index contributed by atoms with van der Waals surface area (Å²) in [6.07, 6.45) is 3.00. The summed E-state index contributed by atoms with van der Waals surface area (Å²) in [7, 11) is 5.10. The van der Waals surface area contributed by atoms with Gasteiger partial charge in [-0.25, -0.2) is 9.97 Å². The van der Waals surface area contributed by atoms with Gasteiger partial charge in [0, 0.05) is 46.0 Å². The van der Waals surface area contributed by atoms with Crippen LogP contribution in [0.4, 0.5) is 0 Å². The molecule has 0 aromatic carbocycles. The topological polar surface area (TPSA) is 181 Å². The van der Waals surface area contributed by atoms with E-state index in [0.29, 0.717) is 29.9 Å². The fraction of sp³-hybridized carbons (Fsp3) is 0.385. The lowest BCUT2D eigenvalue weighted by atomic mass is 9.74. The van der Waals surface area contributed by atoms with Crippen LogP contribution in [0.5, 0.6) is 0 Å². The molecule has 3 aliphatic rings. The van der Waals surface area contributed by atoms with Crippen LogP contribution < -0.4 is 5.73 Å². The van der Waals surface area contributed by atoms with Crippen molar-refractivity contribution < 1.29 is 24.2 Å². The number of ether oxygens (including phenoxy) is 2. The van der Waals surface area contributed by atoms with Crippen LogP contribution in [0.3, 0.4) is 0 Å². The van der Waals surface area contributed by atoms with Crippen LogP contribution in [-0.4, -0.2) is 62.2 Å². The van der Waals surface area contributed by atoms with E-state index in [0.717, 1.165) is 72.3 Å². The summed E-state index contributed by atoms with van der Waals surface area (Å²) in [4.78, 5) is 42.0. The molecule has 5 N–H and O–H groups in total. The van der Waals surface area contributed by atoms with Gasteiger partial charge >= 0.3 is 11.9 Å². The summed E-state index contributed by atoms with van der Waals surface area (Å²) in [5.41, 5.74) is 15.9. The summed E-state index contributed by atoms with van der Waals surface area (Å²) >= 11 is 0. The normalized spacial score (nSPS) is 22.7. The Morgan fingerprint density at radius 3 is 1.79 bits per heavy atom. The number of azo groups is 1. The first-order valence-electron chi connectivity index (χ1n) is 17.1. The smallest absolute Gasteiger partial charge is 0.305 e. The molecule has 3 aromatic rings. The van der Waals surface area contributed by atoms with Crippen LogP contribution in [0, 0.1) is 13.8 Å². The number of rotatable bonds is 8. The minimum absolute atomic E-state index is 0.171. The Morgan fingerprint density at radius 1 is 0.808 bits per heavy atom. The van der Waals surface area contributed by atoms with Crippen molar-refractivity contribution >= 4 is 71.6 Å². The highest BCUT2D eigenvalue weighted by atomic mass is 31.0. The average Bonchev–Trinajstić information content (AvgIpc) is 3.80. The van der Waals surface area contributed by atoms with E-state index in [1.807, 2.05) is 65.0 Å². The molecule has 1 unspecified atom stereocenters. The summed E-state index contributed by atoms with van der Waals surface area (Å²) in [5, 5.41) is 20.1. The van der Waals surface area contributed by atoms with Crippen molar-refractivity contribution in [2.45, 2.75) is 83.8 Å². The lowest BCUT2D eigenvalue weighted by Gasteiger charge is -2.40. The van der Waals surface area contributed by atoms with E-state index in [9.17, 15) is 14.7 Å². The van der Waals surface area contributed by atoms with E-state index in [-0.39, 0.29) is 24.8 Å². The van der Waals surface area contributed by atoms with E-state index in [1.165, 1.54) is 14.2 Å². The molecule has 3 aliphatic heterocycles. The predicted octanol–water partition coefficient (Wildman–Crippen LogP) is 7.26. The molecule has 6 rings (SSSR count). The van der Waals surface area contributed by atoms with Crippen LogP contribution in [0.25, 0.3) is 50.4 Å². The highest BCUT2D eigenvalue weighted by Gasteiger charge is 2.61. The second-order valence-electron chi connectivity index (χ2n) is 14.0. The molecule has 3 aromatic heterocycles. The number of carbonyl (C=O) groups is 2. The molecule has 8 bridgehead atoms. The van der Waals surface area contributed by atoms with E-state index >= 15 is 0 Å². The first kappa shape index (κ1) is 37.0. The zero-order valence-corrected chi connectivity index (χ0v) is 32.1. The Balaban J connectivity index is 1.74. The number of carbonyl (C=O) groups excluding carboxylic acids is 2. The van der Waals surface area contributed by atoms with Gasteiger partial charge in [0.25, 0.3) is 0 Å². The highest BCUT2D eigenvalue weighted by Crippen LogP contribution is 2.53. The Labute approximate surface area is 305 Å². The maximum absolute atomic E-state index is 12.3. The van der Waals surface area contributed by atoms with E-state index in [1.54, 1.807) is 6.92 Å². The van der Waals surface area contributed by atoms with Gasteiger partial charge in [-0.3, -0.25) is 9.59 Å². The van der Waals surface area contributed by atoms with Gasteiger partial charge in [-0.1, -0.05) is 21.9 Å². The fourth-order valence-corrected chi connectivity index (χ4v) is 7.70. The molecule has 13 heteroatoms. The number of aromatic nitrogens is 4. The largest absolute Gasteiger partial charge is 0.469 e. The standard InChI is InChI=1S/C39H46N7O5P/c1-10-23-19(2)28-17-33-36(37(6)38(7,40)39(49,52)46-45-37)22(5)29(44-33)15-26-20(3)24(11-13-34(47)50-8)31(42-26)18-32-25(12-14-35(48)51-9)21(4)27(43-32)16-30(23)41-28/h10,15-18,41,44,49H,1,11-14,40,52H2,2-9H3/t37-,38+,39-/m1/s1. The molecule has 52 heavy (non-hydrogen) atoms. The molecule has 272 valence electrons. The quantitative estimate of drug-likeness (QED) is 0.138. The van der Waals surface area contributed by atoms with Gasteiger partial charge in [0.05, 0.1) is 42.5 Å². The second kappa shape index (κ2) is 13.3. The van der Waals surface area contributed by atoms with Crippen molar-refractivity contribution in [3.63, 3.8) is 0 Å². The fourth-order valence-electron chi connectivity index (χ4n) is 7.36. The third kappa shape index (κ3) is 5.92. The van der Waals surface area contributed by atoms with Crippen molar-refractivity contribution in [1.29, 1.82) is 0 Å². The Bertz CT molecular complexity index is 2310.